The molecule has 21 heavy (non-hydrogen) atoms. The van der Waals surface area contributed by atoms with Crippen molar-refractivity contribution in [3.63, 3.8) is 0 Å². The molecule has 116 valence electrons. The molecule has 0 aromatic heterocycles. The lowest BCUT2D eigenvalue weighted by Crippen LogP contribution is -2.47. The molecule has 1 spiro atoms. The van der Waals surface area contributed by atoms with Crippen LogP contribution in [0.25, 0.3) is 0 Å². The molecule has 2 saturated heterocycles. The Bertz CT molecular complexity index is 488. The molecular weight excluding hydrogens is 285 g/mol. The van der Waals surface area contributed by atoms with Crippen molar-refractivity contribution in [1.82, 2.24) is 5.32 Å². The van der Waals surface area contributed by atoms with Crippen LogP contribution in [0, 0.1) is 12.7 Å². The van der Waals surface area contributed by atoms with Gasteiger partial charge in [0.1, 0.15) is 5.82 Å². The van der Waals surface area contributed by atoms with Gasteiger partial charge in [-0.1, -0.05) is 6.07 Å². The minimum atomic E-state index is -0.144. The van der Waals surface area contributed by atoms with E-state index in [9.17, 15) is 4.39 Å². The first kappa shape index (κ1) is 15.3. The van der Waals surface area contributed by atoms with E-state index in [-0.39, 0.29) is 11.4 Å². The van der Waals surface area contributed by atoms with E-state index in [0.717, 1.165) is 43.7 Å². The quantitative estimate of drug-likeness (QED) is 0.922. The van der Waals surface area contributed by atoms with E-state index >= 15 is 0 Å². The van der Waals surface area contributed by atoms with Crippen molar-refractivity contribution in [3.05, 3.63) is 35.1 Å². The third-order valence-electron chi connectivity index (χ3n) is 4.69. The maximum atomic E-state index is 13.1. The van der Waals surface area contributed by atoms with Crippen molar-refractivity contribution in [1.29, 1.82) is 0 Å². The standard InChI is InChI=1S/C17H24FNOS/c1-13-10-15(18)3-2-14(13)4-7-19-16-5-8-20-17(11-16)6-9-21-12-17/h2-3,10,16,19H,4-9,11-12H2,1H3. The van der Waals surface area contributed by atoms with Gasteiger partial charge in [0, 0.05) is 18.4 Å². The van der Waals surface area contributed by atoms with Crippen molar-refractivity contribution >= 4 is 11.8 Å². The van der Waals surface area contributed by atoms with E-state index in [1.807, 2.05) is 24.8 Å². The summed E-state index contributed by atoms with van der Waals surface area (Å²) in [5.74, 6) is 2.25. The second-order valence-electron chi connectivity index (χ2n) is 6.30. The summed E-state index contributed by atoms with van der Waals surface area (Å²) in [6.07, 6.45) is 4.41. The summed E-state index contributed by atoms with van der Waals surface area (Å²) >= 11 is 2.02. The van der Waals surface area contributed by atoms with E-state index in [1.54, 1.807) is 12.1 Å². The number of aryl methyl sites for hydroxylation is 1. The predicted octanol–water partition coefficient (Wildman–Crippen LogP) is 3.32. The average Bonchev–Trinajstić information content (AvgIpc) is 2.89. The minimum Gasteiger partial charge on any atom is -0.374 e. The molecule has 2 aliphatic rings. The van der Waals surface area contributed by atoms with Crippen molar-refractivity contribution in [3.8, 4) is 0 Å². The smallest absolute Gasteiger partial charge is 0.123 e. The van der Waals surface area contributed by atoms with Crippen LogP contribution in [0.2, 0.25) is 0 Å². The number of hydrogen-bond donors (Lipinski definition) is 1. The molecule has 0 aliphatic carbocycles. The third kappa shape index (κ3) is 3.79. The highest BCUT2D eigenvalue weighted by molar-refractivity contribution is 7.99. The van der Waals surface area contributed by atoms with Crippen LogP contribution in [0.3, 0.4) is 0 Å². The molecule has 2 fully saturated rings. The molecule has 4 heteroatoms. The lowest BCUT2D eigenvalue weighted by atomic mass is 9.90. The number of rotatable bonds is 4. The highest BCUT2D eigenvalue weighted by atomic mass is 32.2. The van der Waals surface area contributed by atoms with E-state index in [0.29, 0.717) is 6.04 Å². The van der Waals surface area contributed by atoms with Gasteiger partial charge in [-0.15, -0.1) is 0 Å². The molecule has 3 rings (SSSR count). The fraction of sp³-hybridized carbons (Fsp3) is 0.647. The Morgan fingerprint density at radius 1 is 1.48 bits per heavy atom. The maximum absolute atomic E-state index is 13.1. The monoisotopic (exact) mass is 309 g/mol. The minimum absolute atomic E-state index is 0.144. The SMILES string of the molecule is Cc1cc(F)ccc1CCNC1CCOC2(CCSC2)C1. The Labute approximate surface area is 130 Å². The van der Waals surface area contributed by atoms with Gasteiger partial charge in [-0.25, -0.2) is 4.39 Å². The Kier molecular flexibility index (Phi) is 4.87. The highest BCUT2D eigenvalue weighted by Crippen LogP contribution is 2.38. The zero-order valence-electron chi connectivity index (χ0n) is 12.7. The Morgan fingerprint density at radius 3 is 3.14 bits per heavy atom. The summed E-state index contributed by atoms with van der Waals surface area (Å²) in [4.78, 5) is 0. The first-order chi connectivity index (χ1) is 10.2. The van der Waals surface area contributed by atoms with Crippen LogP contribution in [0.5, 0.6) is 0 Å². The van der Waals surface area contributed by atoms with Crippen LogP contribution in [0.4, 0.5) is 4.39 Å². The molecule has 2 heterocycles. The fourth-order valence-corrected chi connectivity index (χ4v) is 4.79. The van der Waals surface area contributed by atoms with Gasteiger partial charge in [0.15, 0.2) is 0 Å². The van der Waals surface area contributed by atoms with Crippen molar-refractivity contribution in [2.24, 2.45) is 0 Å². The normalized spacial score (nSPS) is 29.1. The molecule has 1 aromatic carbocycles. The van der Waals surface area contributed by atoms with Gasteiger partial charge in [0.05, 0.1) is 5.60 Å². The zero-order valence-corrected chi connectivity index (χ0v) is 13.5. The molecule has 1 aromatic rings. The molecule has 0 bridgehead atoms. The van der Waals surface area contributed by atoms with Crippen molar-refractivity contribution in [2.75, 3.05) is 24.7 Å². The number of benzene rings is 1. The summed E-state index contributed by atoms with van der Waals surface area (Å²) in [6.45, 7) is 3.83. The molecule has 2 aliphatic heterocycles. The average molecular weight is 309 g/mol. The lowest BCUT2D eigenvalue weighted by Gasteiger charge is -2.38. The maximum Gasteiger partial charge on any atom is 0.123 e. The molecule has 2 unspecified atom stereocenters. The van der Waals surface area contributed by atoms with Crippen LogP contribution in [-0.2, 0) is 11.2 Å². The molecular formula is C17H24FNOS. The van der Waals surface area contributed by atoms with Crippen molar-refractivity contribution < 1.29 is 9.13 Å². The van der Waals surface area contributed by atoms with Gasteiger partial charge in [0.2, 0.25) is 0 Å². The third-order valence-corrected chi connectivity index (χ3v) is 5.92. The van der Waals surface area contributed by atoms with Crippen LogP contribution in [-0.4, -0.2) is 36.3 Å². The molecule has 1 N–H and O–H groups in total. The number of ether oxygens (including phenoxy) is 1. The summed E-state index contributed by atoms with van der Waals surface area (Å²) < 4.78 is 19.1. The van der Waals surface area contributed by atoms with Crippen LogP contribution >= 0.6 is 11.8 Å². The Morgan fingerprint density at radius 2 is 2.38 bits per heavy atom. The summed E-state index contributed by atoms with van der Waals surface area (Å²) in [7, 11) is 0. The van der Waals surface area contributed by atoms with Gasteiger partial charge in [-0.2, -0.15) is 11.8 Å². The Balaban J connectivity index is 1.48. The summed E-state index contributed by atoms with van der Waals surface area (Å²) in [5.41, 5.74) is 2.43. The van der Waals surface area contributed by atoms with Gasteiger partial charge in [0.25, 0.3) is 0 Å². The topological polar surface area (TPSA) is 21.3 Å². The van der Waals surface area contributed by atoms with Crippen LogP contribution in [0.15, 0.2) is 18.2 Å². The number of hydrogen-bond acceptors (Lipinski definition) is 3. The van der Waals surface area contributed by atoms with Gasteiger partial charge < -0.3 is 10.1 Å². The van der Waals surface area contributed by atoms with Crippen LogP contribution < -0.4 is 5.32 Å². The number of thioether (sulfide) groups is 1. The van der Waals surface area contributed by atoms with E-state index in [1.165, 1.54) is 17.7 Å². The lowest BCUT2D eigenvalue weighted by molar-refractivity contribution is -0.0699. The molecule has 2 atom stereocenters. The van der Waals surface area contributed by atoms with Crippen molar-refractivity contribution in [2.45, 2.75) is 44.2 Å². The largest absolute Gasteiger partial charge is 0.374 e. The first-order valence-electron chi connectivity index (χ1n) is 7.87. The van der Waals surface area contributed by atoms with Gasteiger partial charge in [-0.3, -0.25) is 0 Å². The fourth-order valence-electron chi connectivity index (χ4n) is 3.42. The Hall–Kier alpha value is -0.580. The second kappa shape index (κ2) is 6.67. The van der Waals surface area contributed by atoms with Crippen LogP contribution in [0.1, 0.15) is 30.4 Å². The molecule has 0 saturated carbocycles. The van der Waals surface area contributed by atoms with Gasteiger partial charge in [-0.05, 0) is 68.2 Å². The number of halogens is 1. The predicted molar refractivity (Wildman–Crippen MR) is 86.5 cm³/mol. The summed E-state index contributed by atoms with van der Waals surface area (Å²) in [6, 6.07) is 5.65. The zero-order chi connectivity index (χ0) is 14.7. The van der Waals surface area contributed by atoms with E-state index in [2.05, 4.69) is 5.32 Å². The molecule has 2 nitrogen and oxygen atoms in total. The van der Waals surface area contributed by atoms with E-state index < -0.39 is 0 Å². The summed E-state index contributed by atoms with van der Waals surface area (Å²) in [5, 5.41) is 3.68. The van der Waals surface area contributed by atoms with Gasteiger partial charge >= 0.3 is 0 Å². The van der Waals surface area contributed by atoms with E-state index in [4.69, 9.17) is 4.74 Å². The number of nitrogens with one attached hydrogen (secondary N) is 1. The highest BCUT2D eigenvalue weighted by Gasteiger charge is 2.40. The first-order valence-corrected chi connectivity index (χ1v) is 9.02. The second-order valence-corrected chi connectivity index (χ2v) is 7.40. The molecule has 0 radical (unpaired) electrons. The molecule has 0 amide bonds.